The molecule has 2 atom stereocenters. The third-order valence-electron chi connectivity index (χ3n) is 9.68. The van der Waals surface area contributed by atoms with Gasteiger partial charge in [-0.3, -0.25) is 14.5 Å². The molecule has 3 saturated heterocycles. The number of carboxylic acid groups (broad SMARTS) is 1. The molecule has 4 aliphatic rings. The number of rotatable bonds is 4. The van der Waals surface area contributed by atoms with Crippen molar-refractivity contribution in [1.29, 1.82) is 0 Å². The van der Waals surface area contributed by atoms with Crippen LogP contribution >= 0.6 is 0 Å². The Labute approximate surface area is 219 Å². The summed E-state index contributed by atoms with van der Waals surface area (Å²) < 4.78 is 2.04. The summed E-state index contributed by atoms with van der Waals surface area (Å²) in [5, 5.41) is 9.35. The molecule has 1 saturated carbocycles. The van der Waals surface area contributed by atoms with Gasteiger partial charge in [0.2, 0.25) is 0 Å². The summed E-state index contributed by atoms with van der Waals surface area (Å²) >= 11 is 0. The Balaban J connectivity index is 1.29. The molecule has 2 aromatic rings. The molecule has 200 valence electrons. The van der Waals surface area contributed by atoms with E-state index in [1.54, 1.807) is 0 Å². The molecule has 0 radical (unpaired) electrons. The number of nitrogens with zero attached hydrogens (tertiary/aromatic N) is 4. The second-order valence-corrected chi connectivity index (χ2v) is 12.1. The van der Waals surface area contributed by atoms with Crippen LogP contribution in [0.3, 0.4) is 0 Å². The van der Waals surface area contributed by atoms with E-state index < -0.39 is 11.9 Å². The molecule has 0 amide bonds. The molecular weight excluding hydrogens is 464 g/mol. The summed E-state index contributed by atoms with van der Waals surface area (Å²) in [5.41, 5.74) is 1.70. The second-order valence-electron chi connectivity index (χ2n) is 12.1. The van der Waals surface area contributed by atoms with Gasteiger partial charge >= 0.3 is 5.97 Å². The van der Waals surface area contributed by atoms with E-state index in [9.17, 15) is 14.7 Å². The van der Waals surface area contributed by atoms with Gasteiger partial charge in [0, 0.05) is 37.3 Å². The van der Waals surface area contributed by atoms with Crippen LogP contribution in [0.5, 0.6) is 0 Å². The van der Waals surface area contributed by atoms with E-state index in [0.717, 1.165) is 23.9 Å². The summed E-state index contributed by atoms with van der Waals surface area (Å²) in [7, 11) is 0. The quantitative estimate of drug-likeness (QED) is 0.601. The Morgan fingerprint density at radius 2 is 1.38 bits per heavy atom. The summed E-state index contributed by atoms with van der Waals surface area (Å²) in [6.07, 6.45) is 18.2. The lowest BCUT2D eigenvalue weighted by Crippen LogP contribution is -2.57. The van der Waals surface area contributed by atoms with Crippen molar-refractivity contribution in [2.75, 3.05) is 18.0 Å². The smallest absolute Gasteiger partial charge is 0.310 e. The molecular formula is C30H42N4O3. The predicted octanol–water partition coefficient (Wildman–Crippen LogP) is 5.37. The van der Waals surface area contributed by atoms with Crippen molar-refractivity contribution in [3.63, 3.8) is 0 Å². The second kappa shape index (κ2) is 10.8. The predicted molar refractivity (Wildman–Crippen MR) is 146 cm³/mol. The lowest BCUT2D eigenvalue weighted by atomic mass is 9.79. The van der Waals surface area contributed by atoms with Crippen molar-refractivity contribution in [2.45, 2.75) is 114 Å². The van der Waals surface area contributed by atoms with Crippen molar-refractivity contribution in [1.82, 2.24) is 14.5 Å². The molecule has 1 aliphatic carbocycles. The molecule has 4 fully saturated rings. The van der Waals surface area contributed by atoms with E-state index in [0.29, 0.717) is 37.0 Å². The molecule has 4 heterocycles. The van der Waals surface area contributed by atoms with E-state index in [1.165, 1.54) is 77.0 Å². The first-order valence-electron chi connectivity index (χ1n) is 14.9. The fourth-order valence-electron chi connectivity index (χ4n) is 7.80. The number of carbonyl (C=O) groups is 1. The Bertz CT molecular complexity index is 1150. The highest BCUT2D eigenvalue weighted by Gasteiger charge is 2.43. The molecule has 7 nitrogen and oxygen atoms in total. The first-order chi connectivity index (χ1) is 18.1. The maximum absolute atomic E-state index is 13.9. The summed E-state index contributed by atoms with van der Waals surface area (Å²) in [4.78, 5) is 34.8. The number of hydrogen-bond donors (Lipinski definition) is 1. The first kappa shape index (κ1) is 24.9. The minimum absolute atomic E-state index is 0.0437. The van der Waals surface area contributed by atoms with E-state index >= 15 is 0 Å². The van der Waals surface area contributed by atoms with Gasteiger partial charge < -0.3 is 14.6 Å². The fraction of sp³-hybridized carbons (Fsp3) is 0.700. The van der Waals surface area contributed by atoms with E-state index in [-0.39, 0.29) is 11.6 Å². The lowest BCUT2D eigenvalue weighted by Gasteiger charge is -2.53. The lowest BCUT2D eigenvalue weighted by molar-refractivity contribution is -0.142. The molecule has 2 bridgehead atoms. The fourth-order valence-corrected chi connectivity index (χ4v) is 7.80. The molecule has 37 heavy (non-hydrogen) atoms. The number of para-hydroxylation sites is 2. The maximum atomic E-state index is 13.9. The number of aliphatic carboxylic acids is 1. The summed E-state index contributed by atoms with van der Waals surface area (Å²) in [6.45, 7) is 0.725. The molecule has 1 aromatic carbocycles. The van der Waals surface area contributed by atoms with Gasteiger partial charge in [0.25, 0.3) is 5.56 Å². The largest absolute Gasteiger partial charge is 0.481 e. The number of aromatic nitrogens is 2. The van der Waals surface area contributed by atoms with E-state index in [4.69, 9.17) is 4.98 Å². The number of benzene rings is 1. The molecule has 1 aromatic heterocycles. The minimum atomic E-state index is -0.793. The molecule has 3 aliphatic heterocycles. The zero-order valence-electron chi connectivity index (χ0n) is 22.1. The first-order valence-corrected chi connectivity index (χ1v) is 14.9. The highest BCUT2D eigenvalue weighted by atomic mass is 16.4. The van der Waals surface area contributed by atoms with Crippen molar-refractivity contribution in [2.24, 2.45) is 5.92 Å². The zero-order valence-corrected chi connectivity index (χ0v) is 22.1. The highest BCUT2D eigenvalue weighted by molar-refractivity contribution is 5.78. The topological polar surface area (TPSA) is 78.7 Å². The number of fused-ring (bicyclic) bond motifs is 3. The Morgan fingerprint density at radius 3 is 2.03 bits per heavy atom. The number of carboxylic acids is 1. The van der Waals surface area contributed by atoms with E-state index in [2.05, 4.69) is 4.90 Å². The molecule has 7 heteroatoms. The highest BCUT2D eigenvalue weighted by Crippen LogP contribution is 2.42. The van der Waals surface area contributed by atoms with E-state index in [1.807, 2.05) is 33.7 Å². The number of anilines is 1. The monoisotopic (exact) mass is 506 g/mol. The molecule has 1 N–H and O–H groups in total. The van der Waals surface area contributed by atoms with Gasteiger partial charge in [0.05, 0.1) is 17.0 Å². The van der Waals surface area contributed by atoms with Crippen LogP contribution in [0, 0.1) is 5.92 Å². The van der Waals surface area contributed by atoms with Crippen LogP contribution in [0.1, 0.15) is 95.9 Å². The standard InChI is InChI=1S/C30H42N4O3/c35-29-28(32-19-21(20-32)30(36)37)31-26-15-8-9-16-27(26)34(29)25-17-23-13-10-14-24(18-25)33(23)22-11-6-4-2-1-3-5-7-12-22/h8-9,15-16,21-25H,1-7,10-14,17-20H2,(H,36,37). The van der Waals surface area contributed by atoms with Crippen LogP contribution in [0.2, 0.25) is 0 Å². The van der Waals surface area contributed by atoms with Gasteiger partial charge in [-0.15, -0.1) is 0 Å². The van der Waals surface area contributed by atoms with Crippen LogP contribution in [0.4, 0.5) is 5.82 Å². The average Bonchev–Trinajstić information content (AvgIpc) is 2.86. The molecule has 6 rings (SSSR count). The van der Waals surface area contributed by atoms with Crippen molar-refractivity contribution >= 4 is 22.8 Å². The number of piperidine rings is 2. The average molecular weight is 507 g/mol. The third-order valence-corrected chi connectivity index (χ3v) is 9.68. The van der Waals surface area contributed by atoms with Gasteiger partial charge in [0.15, 0.2) is 5.82 Å². The Morgan fingerprint density at radius 1 is 0.784 bits per heavy atom. The van der Waals surface area contributed by atoms with Gasteiger partial charge in [-0.2, -0.15) is 0 Å². The molecule has 0 spiro atoms. The van der Waals surface area contributed by atoms with Crippen LogP contribution in [-0.4, -0.2) is 56.7 Å². The zero-order chi connectivity index (χ0) is 25.4. The van der Waals surface area contributed by atoms with Crippen molar-refractivity contribution in [3.8, 4) is 0 Å². The van der Waals surface area contributed by atoms with Crippen LogP contribution in [-0.2, 0) is 4.79 Å². The maximum Gasteiger partial charge on any atom is 0.310 e. The van der Waals surface area contributed by atoms with Gasteiger partial charge in [-0.05, 0) is 50.7 Å². The van der Waals surface area contributed by atoms with Crippen molar-refractivity contribution in [3.05, 3.63) is 34.6 Å². The molecule has 2 unspecified atom stereocenters. The Kier molecular flexibility index (Phi) is 7.24. The van der Waals surface area contributed by atoms with Crippen LogP contribution in [0.15, 0.2) is 29.1 Å². The Hall–Kier alpha value is -2.41. The minimum Gasteiger partial charge on any atom is -0.481 e. The summed E-state index contributed by atoms with van der Waals surface area (Å²) in [5.74, 6) is -0.782. The third kappa shape index (κ3) is 4.91. The van der Waals surface area contributed by atoms with Gasteiger partial charge in [-0.25, -0.2) is 4.98 Å². The SMILES string of the molecule is O=C(O)C1CN(c2nc3ccccc3n(C3CC4CCCC(C3)N4C3CCCCCCCCC3)c2=O)C1. The van der Waals surface area contributed by atoms with Gasteiger partial charge in [0.1, 0.15) is 0 Å². The normalized spacial score (nSPS) is 28.6. The van der Waals surface area contributed by atoms with Crippen molar-refractivity contribution < 1.29 is 9.90 Å². The van der Waals surface area contributed by atoms with Crippen LogP contribution in [0.25, 0.3) is 11.0 Å². The summed E-state index contributed by atoms with van der Waals surface area (Å²) in [6, 6.07) is 9.96. The number of hydrogen-bond acceptors (Lipinski definition) is 5. The van der Waals surface area contributed by atoms with Crippen LogP contribution < -0.4 is 10.5 Å². The van der Waals surface area contributed by atoms with Gasteiger partial charge in [-0.1, -0.05) is 63.5 Å².